The molecule has 2 amide bonds. The molecule has 0 saturated heterocycles. The number of anilines is 2. The molecule has 0 atom stereocenters. The molecule has 4 aromatic rings. The van der Waals surface area contributed by atoms with Crippen LogP contribution < -0.4 is 10.6 Å². The molecule has 170 valence electrons. The van der Waals surface area contributed by atoms with Gasteiger partial charge in [0.15, 0.2) is 0 Å². The summed E-state index contributed by atoms with van der Waals surface area (Å²) in [6.45, 7) is 0.539. The van der Waals surface area contributed by atoms with Gasteiger partial charge in [0.25, 0.3) is 5.91 Å². The second-order valence-electron chi connectivity index (χ2n) is 8.38. The zero-order chi connectivity index (χ0) is 23.5. The van der Waals surface area contributed by atoms with Gasteiger partial charge in [-0.15, -0.1) is 0 Å². The fraction of sp³-hybridized carbons (Fsp3) is 0.148. The van der Waals surface area contributed by atoms with E-state index >= 15 is 0 Å². The first-order valence-electron chi connectivity index (χ1n) is 11.1. The van der Waals surface area contributed by atoms with Crippen molar-refractivity contribution < 1.29 is 9.59 Å². The number of hydrogen-bond acceptors (Lipinski definition) is 3. The lowest BCUT2D eigenvalue weighted by molar-refractivity contribution is -0.117. The van der Waals surface area contributed by atoms with Crippen molar-refractivity contribution in [3.8, 4) is 11.3 Å². The quantitative estimate of drug-likeness (QED) is 0.355. The van der Waals surface area contributed by atoms with Gasteiger partial charge >= 0.3 is 0 Å². The lowest BCUT2D eigenvalue weighted by Gasteiger charge is -2.09. The Hall–Kier alpha value is -3.90. The average molecular weight is 471 g/mol. The minimum absolute atomic E-state index is 0.0238. The van der Waals surface area contributed by atoms with Crippen LogP contribution in [0.25, 0.3) is 11.3 Å². The molecule has 0 aliphatic heterocycles. The van der Waals surface area contributed by atoms with Crippen molar-refractivity contribution in [1.29, 1.82) is 0 Å². The lowest BCUT2D eigenvalue weighted by atomic mass is 10.1. The molecule has 0 unspecified atom stereocenters. The number of hydrogen-bond donors (Lipinski definition) is 2. The highest BCUT2D eigenvalue weighted by molar-refractivity contribution is 6.30. The SMILES string of the molecule is O=C(Nc1cccc(NC(=O)C2CC2)c1)c1cn(Cc2ccccc2)nc1-c1ccc(Cl)cc1. The molecule has 1 aliphatic rings. The topological polar surface area (TPSA) is 76.0 Å². The average Bonchev–Trinajstić information content (AvgIpc) is 3.61. The van der Waals surface area contributed by atoms with Crippen LogP contribution in [0.15, 0.2) is 85.1 Å². The van der Waals surface area contributed by atoms with Crippen molar-refractivity contribution >= 4 is 34.8 Å². The summed E-state index contributed by atoms with van der Waals surface area (Å²) in [5.41, 5.74) is 4.16. The van der Waals surface area contributed by atoms with E-state index in [0.29, 0.717) is 34.2 Å². The van der Waals surface area contributed by atoms with E-state index in [1.165, 1.54) is 0 Å². The summed E-state index contributed by atoms with van der Waals surface area (Å²) in [7, 11) is 0. The Labute approximate surface area is 202 Å². The van der Waals surface area contributed by atoms with E-state index in [0.717, 1.165) is 24.0 Å². The van der Waals surface area contributed by atoms with Crippen molar-refractivity contribution in [1.82, 2.24) is 9.78 Å². The number of nitrogens with one attached hydrogen (secondary N) is 2. The van der Waals surface area contributed by atoms with E-state index in [1.54, 1.807) is 41.2 Å². The lowest BCUT2D eigenvalue weighted by Crippen LogP contribution is -2.15. The summed E-state index contributed by atoms with van der Waals surface area (Å²) >= 11 is 6.06. The van der Waals surface area contributed by atoms with E-state index in [-0.39, 0.29) is 17.7 Å². The number of carbonyl (C=O) groups excluding carboxylic acids is 2. The molecule has 1 heterocycles. The first-order valence-corrected chi connectivity index (χ1v) is 11.5. The van der Waals surface area contributed by atoms with E-state index in [4.69, 9.17) is 16.7 Å². The molecule has 1 aliphatic carbocycles. The van der Waals surface area contributed by atoms with Gasteiger partial charge in [0, 0.05) is 34.1 Å². The van der Waals surface area contributed by atoms with Crippen molar-refractivity contribution in [2.24, 2.45) is 5.92 Å². The predicted octanol–water partition coefficient (Wildman–Crippen LogP) is 5.85. The third kappa shape index (κ3) is 5.18. The molecule has 0 spiro atoms. The van der Waals surface area contributed by atoms with Crippen LogP contribution in [0.3, 0.4) is 0 Å². The van der Waals surface area contributed by atoms with Gasteiger partial charge in [-0.3, -0.25) is 14.3 Å². The van der Waals surface area contributed by atoms with E-state index in [2.05, 4.69) is 10.6 Å². The molecule has 5 rings (SSSR count). The molecule has 0 bridgehead atoms. The second kappa shape index (κ2) is 9.53. The molecule has 1 fully saturated rings. The monoisotopic (exact) mass is 470 g/mol. The zero-order valence-corrected chi connectivity index (χ0v) is 19.1. The highest BCUT2D eigenvalue weighted by atomic mass is 35.5. The minimum Gasteiger partial charge on any atom is -0.326 e. The number of amides is 2. The maximum atomic E-state index is 13.3. The van der Waals surface area contributed by atoms with Gasteiger partial charge in [-0.2, -0.15) is 5.10 Å². The summed E-state index contributed by atoms with van der Waals surface area (Å²) in [6.07, 6.45) is 3.62. The molecular weight excluding hydrogens is 448 g/mol. The molecule has 6 nitrogen and oxygen atoms in total. The first-order chi connectivity index (χ1) is 16.5. The predicted molar refractivity (Wildman–Crippen MR) is 134 cm³/mol. The summed E-state index contributed by atoms with van der Waals surface area (Å²) in [4.78, 5) is 25.4. The number of aromatic nitrogens is 2. The van der Waals surface area contributed by atoms with Crippen LogP contribution >= 0.6 is 11.6 Å². The van der Waals surface area contributed by atoms with Crippen molar-refractivity contribution in [3.63, 3.8) is 0 Å². The Kier molecular flexibility index (Phi) is 6.14. The molecule has 3 aromatic carbocycles. The summed E-state index contributed by atoms with van der Waals surface area (Å²) in [5.74, 6) is -0.152. The van der Waals surface area contributed by atoms with E-state index in [1.807, 2.05) is 48.5 Å². The number of halogens is 1. The zero-order valence-electron chi connectivity index (χ0n) is 18.4. The van der Waals surface area contributed by atoms with Gasteiger partial charge in [0.1, 0.15) is 5.69 Å². The minimum atomic E-state index is -0.282. The van der Waals surface area contributed by atoms with Crippen molar-refractivity contribution in [2.75, 3.05) is 10.6 Å². The molecule has 34 heavy (non-hydrogen) atoms. The van der Waals surface area contributed by atoms with Crippen LogP contribution in [0.4, 0.5) is 11.4 Å². The second-order valence-corrected chi connectivity index (χ2v) is 8.82. The molecule has 2 N–H and O–H groups in total. The number of rotatable bonds is 7. The molecule has 0 radical (unpaired) electrons. The van der Waals surface area contributed by atoms with Crippen LogP contribution in [-0.2, 0) is 11.3 Å². The Morgan fingerprint density at radius 3 is 2.32 bits per heavy atom. The van der Waals surface area contributed by atoms with E-state index in [9.17, 15) is 9.59 Å². The largest absolute Gasteiger partial charge is 0.326 e. The van der Waals surface area contributed by atoms with Crippen LogP contribution in [0.2, 0.25) is 5.02 Å². The van der Waals surface area contributed by atoms with Gasteiger partial charge in [-0.25, -0.2) is 0 Å². The molecule has 1 saturated carbocycles. The third-order valence-corrected chi connectivity index (χ3v) is 5.90. The van der Waals surface area contributed by atoms with Crippen LogP contribution in [0, 0.1) is 5.92 Å². The molecule has 1 aromatic heterocycles. The van der Waals surface area contributed by atoms with Crippen LogP contribution in [-0.4, -0.2) is 21.6 Å². The number of nitrogens with zero attached hydrogens (tertiary/aromatic N) is 2. The maximum Gasteiger partial charge on any atom is 0.259 e. The summed E-state index contributed by atoms with van der Waals surface area (Å²) < 4.78 is 1.76. The smallest absolute Gasteiger partial charge is 0.259 e. The Bertz CT molecular complexity index is 1330. The van der Waals surface area contributed by atoms with Crippen LogP contribution in [0.5, 0.6) is 0 Å². The first kappa shape index (κ1) is 21.9. The number of benzene rings is 3. The van der Waals surface area contributed by atoms with Gasteiger partial charge in [0.05, 0.1) is 12.1 Å². The van der Waals surface area contributed by atoms with Crippen molar-refractivity contribution in [3.05, 3.63) is 101 Å². The fourth-order valence-corrected chi connectivity index (χ4v) is 3.85. The Morgan fingerprint density at radius 2 is 1.62 bits per heavy atom. The fourth-order valence-electron chi connectivity index (χ4n) is 3.72. The highest BCUT2D eigenvalue weighted by Crippen LogP contribution is 2.30. The van der Waals surface area contributed by atoms with Crippen LogP contribution in [0.1, 0.15) is 28.8 Å². The Morgan fingerprint density at radius 1 is 0.912 bits per heavy atom. The maximum absolute atomic E-state index is 13.3. The standard InChI is InChI=1S/C27H23ClN4O2/c28-21-13-11-19(12-14-21)25-24(17-32(31-25)16-18-5-2-1-3-6-18)27(34)30-23-8-4-7-22(15-23)29-26(33)20-9-10-20/h1-8,11-15,17,20H,9-10,16H2,(H,29,33)(H,30,34). The van der Waals surface area contributed by atoms with Gasteiger partial charge in [0.2, 0.25) is 5.91 Å². The molecular formula is C27H23ClN4O2. The van der Waals surface area contributed by atoms with Gasteiger partial charge in [-0.1, -0.05) is 60.1 Å². The van der Waals surface area contributed by atoms with Gasteiger partial charge in [-0.05, 0) is 48.7 Å². The summed E-state index contributed by atoms with van der Waals surface area (Å²) in [5, 5.41) is 11.2. The summed E-state index contributed by atoms with van der Waals surface area (Å²) in [6, 6.07) is 24.4. The number of carbonyl (C=O) groups is 2. The normalized spacial score (nSPS) is 12.9. The van der Waals surface area contributed by atoms with Crippen molar-refractivity contribution in [2.45, 2.75) is 19.4 Å². The highest BCUT2D eigenvalue weighted by Gasteiger charge is 2.29. The third-order valence-electron chi connectivity index (χ3n) is 5.65. The van der Waals surface area contributed by atoms with E-state index < -0.39 is 0 Å². The van der Waals surface area contributed by atoms with Gasteiger partial charge < -0.3 is 10.6 Å². The molecule has 7 heteroatoms. The Balaban J connectivity index is 1.41.